The van der Waals surface area contributed by atoms with Gasteiger partial charge < -0.3 is 19.7 Å². The molecule has 4 rings (SSSR count). The molecule has 0 aromatic heterocycles. The fraction of sp³-hybridized carbons (Fsp3) is 0.333. The maximum Gasteiger partial charge on any atom is 0.243 e. The summed E-state index contributed by atoms with van der Waals surface area (Å²) in [6, 6.07) is 20.7. The van der Waals surface area contributed by atoms with Crippen LogP contribution >= 0.6 is 0 Å². The lowest BCUT2D eigenvalue weighted by molar-refractivity contribution is -0.141. The van der Waals surface area contributed by atoms with Crippen molar-refractivity contribution in [3.63, 3.8) is 0 Å². The van der Waals surface area contributed by atoms with Gasteiger partial charge in [-0.1, -0.05) is 55.5 Å². The Kier molecular flexibility index (Phi) is 9.13. The molecule has 37 heavy (non-hydrogen) atoms. The van der Waals surface area contributed by atoms with Crippen molar-refractivity contribution in [1.29, 1.82) is 0 Å². The number of carbonyl (C=O) groups excluding carboxylic acids is 2. The van der Waals surface area contributed by atoms with Crippen LogP contribution in [0.4, 0.5) is 4.39 Å². The van der Waals surface area contributed by atoms with Gasteiger partial charge in [0.25, 0.3) is 0 Å². The molecular weight excluding hydrogens is 471 g/mol. The van der Waals surface area contributed by atoms with Gasteiger partial charge in [0.2, 0.25) is 11.8 Å². The Morgan fingerprint density at radius 3 is 2.35 bits per heavy atom. The van der Waals surface area contributed by atoms with E-state index in [-0.39, 0.29) is 30.6 Å². The normalized spacial score (nSPS) is 13.0. The first kappa shape index (κ1) is 26.2. The van der Waals surface area contributed by atoms with E-state index in [1.54, 1.807) is 17.0 Å². The number of halogens is 1. The van der Waals surface area contributed by atoms with Crippen LogP contribution < -0.4 is 14.8 Å². The smallest absolute Gasteiger partial charge is 0.243 e. The molecule has 1 aliphatic heterocycles. The van der Waals surface area contributed by atoms with E-state index in [9.17, 15) is 14.0 Å². The SMILES string of the molecule is CCCNC(=O)C(Cc1ccccc1)N(Cc1ccc(F)cc1)C(=O)CCc1ccc2c(c1)OCCO2. The first-order valence-electron chi connectivity index (χ1n) is 12.8. The van der Waals surface area contributed by atoms with E-state index in [2.05, 4.69) is 5.32 Å². The minimum absolute atomic E-state index is 0.146. The second-order valence-electron chi connectivity index (χ2n) is 9.12. The Hall–Kier alpha value is -3.87. The third kappa shape index (κ3) is 7.32. The summed E-state index contributed by atoms with van der Waals surface area (Å²) in [5, 5.41) is 2.97. The molecule has 0 bridgehead atoms. The molecule has 1 unspecified atom stereocenters. The summed E-state index contributed by atoms with van der Waals surface area (Å²) < 4.78 is 24.8. The van der Waals surface area contributed by atoms with Crippen LogP contribution in [0.25, 0.3) is 0 Å². The number of carbonyl (C=O) groups is 2. The van der Waals surface area contributed by atoms with Gasteiger partial charge in [0.05, 0.1) is 0 Å². The summed E-state index contributed by atoms with van der Waals surface area (Å²) in [5.41, 5.74) is 2.67. The van der Waals surface area contributed by atoms with Gasteiger partial charge >= 0.3 is 0 Å². The van der Waals surface area contributed by atoms with Gasteiger partial charge in [-0.3, -0.25) is 9.59 Å². The molecule has 3 aromatic carbocycles. The molecule has 0 saturated carbocycles. The van der Waals surface area contributed by atoms with Gasteiger partial charge in [0.15, 0.2) is 11.5 Å². The first-order chi connectivity index (χ1) is 18.0. The minimum Gasteiger partial charge on any atom is -0.486 e. The third-order valence-corrected chi connectivity index (χ3v) is 6.32. The molecule has 0 saturated heterocycles. The average Bonchev–Trinajstić information content (AvgIpc) is 2.93. The van der Waals surface area contributed by atoms with Crippen molar-refractivity contribution >= 4 is 11.8 Å². The standard InChI is InChI=1S/C30H33FN2O4/c1-2-16-32-30(35)26(19-22-6-4-3-5-7-22)33(21-24-8-12-25(31)13-9-24)29(34)15-11-23-10-14-27-28(20-23)37-18-17-36-27/h3-10,12-14,20,26H,2,11,15-19,21H2,1H3,(H,32,35). The zero-order chi connectivity index (χ0) is 26.0. The first-order valence-corrected chi connectivity index (χ1v) is 12.8. The number of nitrogens with one attached hydrogen (secondary N) is 1. The highest BCUT2D eigenvalue weighted by Crippen LogP contribution is 2.31. The van der Waals surface area contributed by atoms with Crippen molar-refractivity contribution in [3.05, 3.63) is 95.3 Å². The summed E-state index contributed by atoms with van der Waals surface area (Å²) in [4.78, 5) is 28.7. The van der Waals surface area contributed by atoms with Crippen LogP contribution in [-0.2, 0) is 29.0 Å². The molecule has 7 heteroatoms. The summed E-state index contributed by atoms with van der Waals surface area (Å²) in [6.45, 7) is 3.74. The van der Waals surface area contributed by atoms with E-state index in [4.69, 9.17) is 9.47 Å². The summed E-state index contributed by atoms with van der Waals surface area (Å²) in [6.07, 6.45) is 1.88. The molecule has 0 spiro atoms. The second-order valence-corrected chi connectivity index (χ2v) is 9.12. The van der Waals surface area contributed by atoms with Crippen molar-refractivity contribution in [1.82, 2.24) is 10.2 Å². The Morgan fingerprint density at radius 2 is 1.62 bits per heavy atom. The zero-order valence-electron chi connectivity index (χ0n) is 21.1. The number of hydrogen-bond acceptors (Lipinski definition) is 4. The number of fused-ring (bicyclic) bond motifs is 1. The van der Waals surface area contributed by atoms with Gasteiger partial charge in [0.1, 0.15) is 25.1 Å². The summed E-state index contributed by atoms with van der Waals surface area (Å²) >= 11 is 0. The lowest BCUT2D eigenvalue weighted by atomic mass is 10.0. The molecule has 1 N–H and O–H groups in total. The van der Waals surface area contributed by atoms with Gasteiger partial charge in [-0.2, -0.15) is 0 Å². The molecule has 6 nitrogen and oxygen atoms in total. The highest BCUT2D eigenvalue weighted by molar-refractivity contribution is 5.88. The molecule has 0 radical (unpaired) electrons. The molecule has 1 atom stereocenters. The van der Waals surface area contributed by atoms with Crippen molar-refractivity contribution < 1.29 is 23.5 Å². The number of rotatable bonds is 11. The Balaban J connectivity index is 1.57. The van der Waals surface area contributed by atoms with E-state index in [1.807, 2.05) is 55.5 Å². The summed E-state index contributed by atoms with van der Waals surface area (Å²) in [7, 11) is 0. The number of benzene rings is 3. The van der Waals surface area contributed by atoms with E-state index in [0.717, 1.165) is 23.1 Å². The Labute approximate surface area is 217 Å². The monoisotopic (exact) mass is 504 g/mol. The van der Waals surface area contributed by atoms with Crippen LogP contribution in [0.5, 0.6) is 11.5 Å². The molecule has 194 valence electrons. The van der Waals surface area contributed by atoms with Crippen LogP contribution in [-0.4, -0.2) is 42.5 Å². The zero-order valence-corrected chi connectivity index (χ0v) is 21.1. The number of hydrogen-bond donors (Lipinski definition) is 1. The number of ether oxygens (including phenoxy) is 2. The predicted molar refractivity (Wildman–Crippen MR) is 140 cm³/mol. The number of nitrogens with zero attached hydrogens (tertiary/aromatic N) is 1. The van der Waals surface area contributed by atoms with Gasteiger partial charge in [-0.25, -0.2) is 4.39 Å². The van der Waals surface area contributed by atoms with Crippen LogP contribution in [0.15, 0.2) is 72.8 Å². The number of aryl methyl sites for hydroxylation is 1. The van der Waals surface area contributed by atoms with Gasteiger partial charge in [-0.05, 0) is 53.8 Å². The molecular formula is C30H33FN2O4. The lowest BCUT2D eigenvalue weighted by Crippen LogP contribution is -2.50. The third-order valence-electron chi connectivity index (χ3n) is 6.32. The van der Waals surface area contributed by atoms with E-state index < -0.39 is 6.04 Å². The quantitative estimate of drug-likeness (QED) is 0.411. The molecule has 0 fully saturated rings. The fourth-order valence-corrected chi connectivity index (χ4v) is 4.34. The van der Waals surface area contributed by atoms with Crippen molar-refractivity contribution in [2.45, 2.75) is 45.2 Å². The molecule has 1 heterocycles. The van der Waals surface area contributed by atoms with Crippen LogP contribution in [0.1, 0.15) is 36.5 Å². The molecule has 1 aliphatic rings. The number of amides is 2. The molecule has 3 aromatic rings. The van der Waals surface area contributed by atoms with Crippen LogP contribution in [0.3, 0.4) is 0 Å². The fourth-order valence-electron chi connectivity index (χ4n) is 4.34. The maximum absolute atomic E-state index is 13.7. The minimum atomic E-state index is -0.702. The van der Waals surface area contributed by atoms with Gasteiger partial charge in [-0.15, -0.1) is 0 Å². The van der Waals surface area contributed by atoms with Crippen LogP contribution in [0, 0.1) is 5.82 Å². The molecule has 2 amide bonds. The van der Waals surface area contributed by atoms with Crippen molar-refractivity contribution in [2.75, 3.05) is 19.8 Å². The van der Waals surface area contributed by atoms with Crippen molar-refractivity contribution in [2.24, 2.45) is 0 Å². The highest BCUT2D eigenvalue weighted by atomic mass is 19.1. The summed E-state index contributed by atoms with van der Waals surface area (Å²) in [5.74, 6) is 0.698. The van der Waals surface area contributed by atoms with E-state index >= 15 is 0 Å². The Morgan fingerprint density at radius 1 is 0.919 bits per heavy atom. The molecule has 0 aliphatic carbocycles. The lowest BCUT2D eigenvalue weighted by Gasteiger charge is -2.31. The Bertz CT molecular complexity index is 1180. The van der Waals surface area contributed by atoms with E-state index in [0.29, 0.717) is 44.1 Å². The predicted octanol–water partition coefficient (Wildman–Crippen LogP) is 4.70. The maximum atomic E-state index is 13.7. The van der Waals surface area contributed by atoms with Crippen molar-refractivity contribution in [3.8, 4) is 11.5 Å². The van der Waals surface area contributed by atoms with Crippen LogP contribution in [0.2, 0.25) is 0 Å². The van der Waals surface area contributed by atoms with E-state index in [1.165, 1.54) is 12.1 Å². The second kappa shape index (κ2) is 12.9. The topological polar surface area (TPSA) is 67.9 Å². The largest absolute Gasteiger partial charge is 0.486 e. The highest BCUT2D eigenvalue weighted by Gasteiger charge is 2.30. The average molecular weight is 505 g/mol. The van der Waals surface area contributed by atoms with Gasteiger partial charge in [0, 0.05) is 25.9 Å².